The van der Waals surface area contributed by atoms with Crippen LogP contribution in [0.15, 0.2) is 41.3 Å². The molecular formula is C21H24ClF2N3O3S2. The molecule has 0 N–H and O–H groups in total. The Morgan fingerprint density at radius 1 is 1.09 bits per heavy atom. The molecule has 2 aromatic carbocycles. The number of aryl methyl sites for hydroxylation is 1. The zero-order chi connectivity index (χ0) is 22.8. The molecule has 0 fully saturated rings. The van der Waals surface area contributed by atoms with Gasteiger partial charge in [-0.2, -0.15) is 0 Å². The van der Waals surface area contributed by atoms with E-state index in [-0.39, 0.29) is 51.4 Å². The molecule has 11 heteroatoms. The summed E-state index contributed by atoms with van der Waals surface area (Å²) < 4.78 is 53.1. The van der Waals surface area contributed by atoms with E-state index in [2.05, 4.69) is 4.98 Å². The van der Waals surface area contributed by atoms with Gasteiger partial charge in [-0.15, -0.1) is 12.4 Å². The normalized spacial score (nSPS) is 11.6. The minimum Gasteiger partial charge on any atom is -0.308 e. The van der Waals surface area contributed by atoms with E-state index in [1.807, 2.05) is 25.9 Å². The molecule has 1 aromatic heterocycles. The van der Waals surface area contributed by atoms with Gasteiger partial charge in [-0.05, 0) is 39.2 Å². The molecular weight excluding hydrogens is 480 g/mol. The lowest BCUT2D eigenvalue weighted by atomic mass is 10.2. The van der Waals surface area contributed by atoms with Crippen molar-refractivity contribution in [1.82, 2.24) is 9.88 Å². The Bertz CT molecular complexity index is 1200. The van der Waals surface area contributed by atoms with Crippen LogP contribution in [0.3, 0.4) is 0 Å². The van der Waals surface area contributed by atoms with E-state index in [0.29, 0.717) is 6.54 Å². The van der Waals surface area contributed by atoms with Crippen molar-refractivity contribution in [2.24, 2.45) is 0 Å². The highest BCUT2D eigenvalue weighted by atomic mass is 35.5. The van der Waals surface area contributed by atoms with Crippen LogP contribution < -0.4 is 4.90 Å². The predicted octanol–water partition coefficient (Wildman–Crippen LogP) is 4.06. The summed E-state index contributed by atoms with van der Waals surface area (Å²) in [5.41, 5.74) is 0.917. The first-order valence-corrected chi connectivity index (χ1v) is 12.0. The van der Waals surface area contributed by atoms with Gasteiger partial charge in [-0.1, -0.05) is 29.0 Å². The maximum atomic E-state index is 14.1. The largest absolute Gasteiger partial charge is 0.308 e. The van der Waals surface area contributed by atoms with Crippen molar-refractivity contribution in [3.63, 3.8) is 0 Å². The second-order valence-electron chi connectivity index (χ2n) is 7.46. The molecule has 0 radical (unpaired) electrons. The number of rotatable bonds is 8. The van der Waals surface area contributed by atoms with Crippen molar-refractivity contribution in [1.29, 1.82) is 0 Å². The van der Waals surface area contributed by atoms with E-state index in [0.717, 1.165) is 29.0 Å². The number of amides is 1. The molecule has 0 bridgehead atoms. The Morgan fingerprint density at radius 3 is 2.38 bits per heavy atom. The van der Waals surface area contributed by atoms with E-state index in [1.165, 1.54) is 17.0 Å². The number of hydrogen-bond donors (Lipinski definition) is 0. The number of fused-ring (bicyclic) bond motifs is 1. The highest BCUT2D eigenvalue weighted by Crippen LogP contribution is 2.31. The van der Waals surface area contributed by atoms with Gasteiger partial charge in [0.2, 0.25) is 5.91 Å². The van der Waals surface area contributed by atoms with Gasteiger partial charge in [0.25, 0.3) is 0 Å². The summed E-state index contributed by atoms with van der Waals surface area (Å²) in [5.74, 6) is -2.34. The highest BCUT2D eigenvalue weighted by Gasteiger charge is 2.24. The smallest absolute Gasteiger partial charge is 0.229 e. The fourth-order valence-electron chi connectivity index (χ4n) is 2.91. The van der Waals surface area contributed by atoms with Gasteiger partial charge in [0.05, 0.1) is 15.3 Å². The van der Waals surface area contributed by atoms with Gasteiger partial charge in [-0.25, -0.2) is 22.2 Å². The van der Waals surface area contributed by atoms with Gasteiger partial charge in [0.1, 0.15) is 11.3 Å². The molecule has 0 saturated carbocycles. The molecule has 0 saturated heterocycles. The highest BCUT2D eigenvalue weighted by molar-refractivity contribution is 7.91. The number of anilines is 1. The summed E-state index contributed by atoms with van der Waals surface area (Å²) in [6.07, 6.45) is -0.254. The third-order valence-electron chi connectivity index (χ3n) is 4.67. The fraction of sp³-hybridized carbons (Fsp3) is 0.333. The zero-order valence-electron chi connectivity index (χ0n) is 17.8. The molecule has 0 atom stereocenters. The predicted molar refractivity (Wildman–Crippen MR) is 126 cm³/mol. The van der Waals surface area contributed by atoms with Gasteiger partial charge in [0, 0.05) is 25.6 Å². The Labute approximate surface area is 196 Å². The van der Waals surface area contributed by atoms with Gasteiger partial charge in [0.15, 0.2) is 20.8 Å². The monoisotopic (exact) mass is 503 g/mol. The van der Waals surface area contributed by atoms with E-state index in [1.54, 1.807) is 12.1 Å². The third-order valence-corrected chi connectivity index (χ3v) is 7.43. The standard InChI is InChI=1S/C21H23F2N3O3S2.ClH/c1-14-4-6-16(7-5-14)31(28,29)11-8-19(27)26(10-9-25(2)3)21-24-20-17(23)12-15(22)13-18(20)30-21;/h4-7,12-13H,8-11H2,1-3H3;1H. The summed E-state index contributed by atoms with van der Waals surface area (Å²) in [5, 5.41) is 0.207. The number of carbonyl (C=O) groups excluding carboxylic acids is 1. The van der Waals surface area contributed by atoms with E-state index < -0.39 is 27.4 Å². The number of nitrogens with zero attached hydrogens (tertiary/aromatic N) is 3. The lowest BCUT2D eigenvalue weighted by molar-refractivity contribution is -0.118. The van der Waals surface area contributed by atoms with Crippen molar-refractivity contribution in [2.45, 2.75) is 18.2 Å². The molecule has 0 aliphatic carbocycles. The molecule has 32 heavy (non-hydrogen) atoms. The molecule has 6 nitrogen and oxygen atoms in total. The lowest BCUT2D eigenvalue weighted by Crippen LogP contribution is -2.37. The fourth-order valence-corrected chi connectivity index (χ4v) is 5.19. The van der Waals surface area contributed by atoms with Crippen LogP contribution in [-0.4, -0.2) is 57.1 Å². The number of benzene rings is 2. The molecule has 0 aliphatic heterocycles. The third kappa shape index (κ3) is 6.22. The number of hydrogen-bond acceptors (Lipinski definition) is 6. The summed E-state index contributed by atoms with van der Waals surface area (Å²) in [6.45, 7) is 2.58. The average molecular weight is 504 g/mol. The SMILES string of the molecule is Cc1ccc(S(=O)(=O)CCC(=O)N(CCN(C)C)c2nc3c(F)cc(F)cc3s2)cc1.Cl. The first kappa shape index (κ1) is 26.1. The maximum Gasteiger partial charge on any atom is 0.229 e. The van der Waals surface area contributed by atoms with E-state index >= 15 is 0 Å². The van der Waals surface area contributed by atoms with Crippen molar-refractivity contribution >= 4 is 54.8 Å². The van der Waals surface area contributed by atoms with Crippen molar-refractivity contribution < 1.29 is 22.0 Å². The zero-order valence-corrected chi connectivity index (χ0v) is 20.3. The summed E-state index contributed by atoms with van der Waals surface area (Å²) in [4.78, 5) is 20.5. The van der Waals surface area contributed by atoms with E-state index in [9.17, 15) is 22.0 Å². The van der Waals surface area contributed by atoms with Crippen LogP contribution in [0.1, 0.15) is 12.0 Å². The average Bonchev–Trinajstić information content (AvgIpc) is 3.10. The second-order valence-corrected chi connectivity index (χ2v) is 10.6. The van der Waals surface area contributed by atoms with Crippen molar-refractivity contribution in [3.8, 4) is 0 Å². The van der Waals surface area contributed by atoms with Crippen LogP contribution >= 0.6 is 23.7 Å². The number of likely N-dealkylation sites (N-methyl/N-ethyl adjacent to an activating group) is 1. The maximum absolute atomic E-state index is 14.1. The second kappa shape index (κ2) is 10.7. The van der Waals surface area contributed by atoms with Crippen molar-refractivity contribution in [2.75, 3.05) is 37.8 Å². The van der Waals surface area contributed by atoms with Gasteiger partial charge in [-0.3, -0.25) is 9.69 Å². The first-order valence-electron chi connectivity index (χ1n) is 9.57. The van der Waals surface area contributed by atoms with Gasteiger partial charge >= 0.3 is 0 Å². The number of halogens is 3. The molecule has 174 valence electrons. The Balaban J connectivity index is 0.00000363. The number of aromatic nitrogens is 1. The minimum absolute atomic E-state index is 0. The van der Waals surface area contributed by atoms with Crippen LogP contribution in [0.25, 0.3) is 10.2 Å². The summed E-state index contributed by atoms with van der Waals surface area (Å²) >= 11 is 0.991. The minimum atomic E-state index is -3.64. The summed E-state index contributed by atoms with van der Waals surface area (Å²) in [7, 11) is 0.0219. The Morgan fingerprint density at radius 2 is 1.75 bits per heavy atom. The molecule has 0 spiro atoms. The molecule has 0 unspecified atom stereocenters. The molecule has 3 aromatic rings. The van der Waals surface area contributed by atoms with Crippen LogP contribution in [-0.2, 0) is 14.6 Å². The molecule has 0 aliphatic rings. The van der Waals surface area contributed by atoms with Crippen LogP contribution in [0, 0.1) is 18.6 Å². The molecule has 1 heterocycles. The first-order chi connectivity index (χ1) is 14.6. The van der Waals surface area contributed by atoms with Crippen LogP contribution in [0.4, 0.5) is 13.9 Å². The topological polar surface area (TPSA) is 70.6 Å². The Hall–Kier alpha value is -2.14. The van der Waals surface area contributed by atoms with Crippen molar-refractivity contribution in [3.05, 3.63) is 53.6 Å². The van der Waals surface area contributed by atoms with Crippen LogP contribution in [0.5, 0.6) is 0 Å². The van der Waals surface area contributed by atoms with Crippen LogP contribution in [0.2, 0.25) is 0 Å². The molecule has 3 rings (SSSR count). The Kier molecular flexibility index (Phi) is 8.69. The summed E-state index contributed by atoms with van der Waals surface area (Å²) in [6, 6.07) is 8.34. The van der Waals surface area contributed by atoms with Gasteiger partial charge < -0.3 is 4.90 Å². The quantitative estimate of drug-likeness (QED) is 0.463. The van der Waals surface area contributed by atoms with E-state index in [4.69, 9.17) is 0 Å². The lowest BCUT2D eigenvalue weighted by Gasteiger charge is -2.22. The molecule has 1 amide bonds. The number of sulfone groups is 1. The number of carbonyl (C=O) groups is 1. The number of thiazole rings is 1.